The minimum Gasteiger partial charge on any atom is -0.494 e. The SMILES string of the molecule is C/C=C(\C=NC)c1cccc(N)c1OC.CCCC1CC1. The van der Waals surface area contributed by atoms with Crippen molar-refractivity contribution >= 4 is 17.5 Å². The number of anilines is 1. The van der Waals surface area contributed by atoms with Crippen molar-refractivity contribution < 1.29 is 4.74 Å². The van der Waals surface area contributed by atoms with Crippen LogP contribution in [-0.4, -0.2) is 20.4 Å². The third kappa shape index (κ3) is 5.62. The lowest BCUT2D eigenvalue weighted by atomic mass is 10.0. The molecule has 1 fully saturated rings. The molecule has 2 rings (SSSR count). The Hall–Kier alpha value is -1.77. The number of para-hydroxylation sites is 1. The molecular formula is C18H28N2O. The van der Waals surface area contributed by atoms with Gasteiger partial charge in [-0.1, -0.05) is 50.8 Å². The molecule has 0 atom stereocenters. The Morgan fingerprint density at radius 2 is 2.14 bits per heavy atom. The van der Waals surface area contributed by atoms with Gasteiger partial charge in [0.1, 0.15) is 5.75 Å². The number of aliphatic imine (C=N–C) groups is 1. The van der Waals surface area contributed by atoms with Crippen LogP contribution in [0.4, 0.5) is 5.69 Å². The summed E-state index contributed by atoms with van der Waals surface area (Å²) in [4.78, 5) is 4.00. The van der Waals surface area contributed by atoms with E-state index < -0.39 is 0 Å². The Morgan fingerprint density at radius 3 is 2.57 bits per heavy atom. The molecule has 1 aromatic rings. The van der Waals surface area contributed by atoms with Crippen molar-refractivity contribution in [2.75, 3.05) is 19.9 Å². The van der Waals surface area contributed by atoms with Crippen molar-refractivity contribution in [3.8, 4) is 5.75 Å². The van der Waals surface area contributed by atoms with Crippen LogP contribution in [0.3, 0.4) is 0 Å². The predicted octanol–water partition coefficient (Wildman–Crippen LogP) is 4.58. The standard InChI is InChI=1S/C12H16N2O.C6H12/c1-4-9(8-14-2)10-6-5-7-11(13)12(10)15-3;1-2-3-6-4-5-6/h4-8H,13H2,1-3H3;6H,2-5H2,1H3/b9-4+,14-8?;. The Balaban J connectivity index is 0.000000304. The summed E-state index contributed by atoms with van der Waals surface area (Å²) < 4.78 is 5.28. The number of allylic oxidation sites excluding steroid dienone is 2. The molecular weight excluding hydrogens is 260 g/mol. The number of nitrogens with two attached hydrogens (primary N) is 1. The number of hydrogen-bond donors (Lipinski definition) is 1. The molecule has 0 amide bonds. The molecule has 2 N–H and O–H groups in total. The summed E-state index contributed by atoms with van der Waals surface area (Å²) in [5.41, 5.74) is 8.43. The van der Waals surface area contributed by atoms with Gasteiger partial charge in [-0.3, -0.25) is 4.99 Å². The zero-order valence-corrected chi connectivity index (χ0v) is 13.7. The summed E-state index contributed by atoms with van der Waals surface area (Å²) in [5.74, 6) is 1.85. The molecule has 1 aliphatic carbocycles. The summed E-state index contributed by atoms with van der Waals surface area (Å²) in [5, 5.41) is 0. The van der Waals surface area contributed by atoms with E-state index in [1.54, 1.807) is 20.4 Å². The van der Waals surface area contributed by atoms with Crippen LogP contribution in [0.25, 0.3) is 5.57 Å². The van der Waals surface area contributed by atoms with E-state index in [0.29, 0.717) is 11.4 Å². The number of ether oxygens (including phenoxy) is 1. The zero-order chi connectivity index (χ0) is 15.7. The van der Waals surface area contributed by atoms with Crippen LogP contribution < -0.4 is 10.5 Å². The largest absolute Gasteiger partial charge is 0.494 e. The fourth-order valence-corrected chi connectivity index (χ4v) is 2.26. The average molecular weight is 288 g/mol. The minimum atomic E-state index is 0.638. The van der Waals surface area contributed by atoms with Crippen LogP contribution in [0.5, 0.6) is 5.75 Å². The molecule has 0 aliphatic heterocycles. The first-order valence-corrected chi connectivity index (χ1v) is 7.69. The molecule has 3 nitrogen and oxygen atoms in total. The van der Waals surface area contributed by atoms with Gasteiger partial charge in [-0.05, 0) is 24.5 Å². The van der Waals surface area contributed by atoms with Crippen molar-refractivity contribution in [3.63, 3.8) is 0 Å². The normalized spacial score (nSPS) is 14.8. The van der Waals surface area contributed by atoms with E-state index in [9.17, 15) is 0 Å². The van der Waals surface area contributed by atoms with E-state index in [1.807, 2.05) is 31.2 Å². The Morgan fingerprint density at radius 1 is 1.43 bits per heavy atom. The highest BCUT2D eigenvalue weighted by atomic mass is 16.5. The molecule has 1 saturated carbocycles. The van der Waals surface area contributed by atoms with Gasteiger partial charge in [0.05, 0.1) is 12.8 Å². The lowest BCUT2D eigenvalue weighted by Crippen LogP contribution is -1.97. The highest BCUT2D eigenvalue weighted by molar-refractivity contribution is 6.11. The van der Waals surface area contributed by atoms with Crippen LogP contribution in [0.1, 0.15) is 45.1 Å². The molecule has 0 saturated heterocycles. The summed E-state index contributed by atoms with van der Waals surface area (Å²) in [7, 11) is 3.35. The average Bonchev–Trinajstić information content (AvgIpc) is 3.30. The van der Waals surface area contributed by atoms with Crippen LogP contribution in [-0.2, 0) is 0 Å². The zero-order valence-electron chi connectivity index (χ0n) is 13.7. The van der Waals surface area contributed by atoms with Crippen molar-refractivity contribution in [3.05, 3.63) is 29.8 Å². The van der Waals surface area contributed by atoms with E-state index in [0.717, 1.165) is 17.1 Å². The summed E-state index contributed by atoms with van der Waals surface area (Å²) >= 11 is 0. The van der Waals surface area contributed by atoms with Crippen molar-refractivity contribution in [2.24, 2.45) is 10.9 Å². The van der Waals surface area contributed by atoms with Gasteiger partial charge in [0.2, 0.25) is 0 Å². The molecule has 0 bridgehead atoms. The Labute approximate surface area is 128 Å². The van der Waals surface area contributed by atoms with Gasteiger partial charge < -0.3 is 10.5 Å². The lowest BCUT2D eigenvalue weighted by molar-refractivity contribution is 0.416. The second-order valence-corrected chi connectivity index (χ2v) is 5.29. The summed E-state index contributed by atoms with van der Waals surface area (Å²) in [6, 6.07) is 5.69. The minimum absolute atomic E-state index is 0.638. The van der Waals surface area contributed by atoms with Gasteiger partial charge in [-0.25, -0.2) is 0 Å². The second-order valence-electron chi connectivity index (χ2n) is 5.29. The van der Waals surface area contributed by atoms with Gasteiger partial charge in [0, 0.05) is 18.8 Å². The first-order chi connectivity index (χ1) is 10.2. The fraction of sp³-hybridized carbons (Fsp3) is 0.500. The van der Waals surface area contributed by atoms with E-state index in [4.69, 9.17) is 10.5 Å². The molecule has 0 unspecified atom stereocenters. The van der Waals surface area contributed by atoms with Gasteiger partial charge in [-0.2, -0.15) is 0 Å². The Bertz CT molecular complexity index is 488. The number of nitrogens with zero attached hydrogens (tertiary/aromatic N) is 1. The van der Waals surface area contributed by atoms with E-state index >= 15 is 0 Å². The Kier molecular flexibility index (Phi) is 7.59. The third-order valence-electron chi connectivity index (χ3n) is 3.53. The predicted molar refractivity (Wildman–Crippen MR) is 93.1 cm³/mol. The number of hydrogen-bond acceptors (Lipinski definition) is 3. The van der Waals surface area contributed by atoms with Gasteiger partial charge >= 0.3 is 0 Å². The van der Waals surface area contributed by atoms with E-state index in [1.165, 1.54) is 25.7 Å². The highest BCUT2D eigenvalue weighted by Gasteiger charge is 2.18. The van der Waals surface area contributed by atoms with Crippen molar-refractivity contribution in [2.45, 2.75) is 39.5 Å². The molecule has 1 aromatic carbocycles. The maximum atomic E-state index is 5.82. The molecule has 21 heavy (non-hydrogen) atoms. The third-order valence-corrected chi connectivity index (χ3v) is 3.53. The molecule has 116 valence electrons. The van der Waals surface area contributed by atoms with Crippen LogP contribution in [0, 0.1) is 5.92 Å². The van der Waals surface area contributed by atoms with E-state index in [2.05, 4.69) is 11.9 Å². The maximum Gasteiger partial charge on any atom is 0.149 e. The van der Waals surface area contributed by atoms with Gasteiger partial charge in [-0.15, -0.1) is 0 Å². The molecule has 0 heterocycles. The van der Waals surface area contributed by atoms with Crippen LogP contribution in [0.2, 0.25) is 0 Å². The maximum absolute atomic E-state index is 5.82. The topological polar surface area (TPSA) is 47.6 Å². The molecule has 0 aromatic heterocycles. The molecule has 0 spiro atoms. The quantitative estimate of drug-likeness (QED) is 0.637. The van der Waals surface area contributed by atoms with E-state index in [-0.39, 0.29) is 0 Å². The van der Waals surface area contributed by atoms with Gasteiger partial charge in [0.15, 0.2) is 0 Å². The fourth-order valence-electron chi connectivity index (χ4n) is 2.26. The first kappa shape index (κ1) is 17.3. The first-order valence-electron chi connectivity index (χ1n) is 7.69. The van der Waals surface area contributed by atoms with Crippen molar-refractivity contribution in [1.82, 2.24) is 0 Å². The van der Waals surface area contributed by atoms with Crippen molar-refractivity contribution in [1.29, 1.82) is 0 Å². The number of methoxy groups -OCH3 is 1. The molecule has 0 radical (unpaired) electrons. The molecule has 1 aliphatic rings. The monoisotopic (exact) mass is 288 g/mol. The number of rotatable bonds is 5. The highest BCUT2D eigenvalue weighted by Crippen LogP contribution is 2.33. The van der Waals surface area contributed by atoms with Gasteiger partial charge in [0.25, 0.3) is 0 Å². The van der Waals surface area contributed by atoms with Crippen LogP contribution >= 0.6 is 0 Å². The second kappa shape index (κ2) is 9.22. The smallest absolute Gasteiger partial charge is 0.149 e. The summed E-state index contributed by atoms with van der Waals surface area (Å²) in [6.45, 7) is 4.22. The number of nitrogen functional groups attached to an aromatic ring is 1. The van der Waals surface area contributed by atoms with Crippen LogP contribution in [0.15, 0.2) is 29.3 Å². The summed E-state index contributed by atoms with van der Waals surface area (Å²) in [6.07, 6.45) is 9.69. The lowest BCUT2D eigenvalue weighted by Gasteiger charge is -2.10. The number of benzene rings is 1. The molecule has 3 heteroatoms.